The lowest BCUT2D eigenvalue weighted by molar-refractivity contribution is 0.0425. The minimum Gasteiger partial charge on any atom is -0.461 e. The number of pyridine rings is 2. The van der Waals surface area contributed by atoms with Crippen molar-refractivity contribution in [1.82, 2.24) is 19.1 Å². The Morgan fingerprint density at radius 3 is 1.07 bits per heavy atom. The molecule has 8 heteroatoms. The number of para-hydroxylation sites is 2. The highest BCUT2D eigenvalue weighted by Gasteiger charge is 2.22. The maximum Gasteiger partial charge on any atom is 0.356 e. The van der Waals surface area contributed by atoms with Crippen LogP contribution in [0.2, 0.25) is 0 Å². The number of benzene rings is 6. The summed E-state index contributed by atoms with van der Waals surface area (Å²) < 4.78 is 16.6. The summed E-state index contributed by atoms with van der Waals surface area (Å²) in [6.45, 7) is 2.03. The normalized spacial score (nSPS) is 11.5. The van der Waals surface area contributed by atoms with Crippen LogP contribution in [0.4, 0.5) is 0 Å². The Balaban J connectivity index is 0.817. The minimum atomic E-state index is -0.448. The molecule has 362 valence electrons. The zero-order chi connectivity index (χ0) is 48.9. The SMILES string of the molecule is O=C(OCCCCOC(=O)c1cc2c3ccccc3n(CCCc3ccccc3)c2c(CCCc2ccccc2)n1)c1cc2c3ccccc3n(CCCc3ccccc3)c2c(CCCc2ccccc2)n1. The minimum absolute atomic E-state index is 0.181. The van der Waals surface area contributed by atoms with E-state index in [0.717, 1.165) is 132 Å². The number of carbonyl (C=O) groups excluding carboxylic acids is 2. The highest BCUT2D eigenvalue weighted by atomic mass is 16.5. The van der Waals surface area contributed by atoms with Crippen molar-refractivity contribution < 1.29 is 19.1 Å². The summed E-state index contributed by atoms with van der Waals surface area (Å²) in [5, 5.41) is 4.25. The molecule has 72 heavy (non-hydrogen) atoms. The van der Waals surface area contributed by atoms with Gasteiger partial charge in [0, 0.05) is 45.7 Å². The van der Waals surface area contributed by atoms with Gasteiger partial charge in [0.2, 0.25) is 0 Å². The summed E-state index contributed by atoms with van der Waals surface area (Å²) in [6, 6.07) is 63.0. The summed E-state index contributed by atoms with van der Waals surface area (Å²) in [5.74, 6) is -0.897. The predicted molar refractivity (Wildman–Crippen MR) is 291 cm³/mol. The first-order valence-corrected chi connectivity index (χ1v) is 25.9. The van der Waals surface area contributed by atoms with Gasteiger partial charge in [-0.25, -0.2) is 19.6 Å². The quantitative estimate of drug-likeness (QED) is 0.0469. The molecule has 8 nitrogen and oxygen atoms in total. The maximum atomic E-state index is 13.9. The zero-order valence-electron chi connectivity index (χ0n) is 41.1. The molecule has 0 saturated heterocycles. The van der Waals surface area contributed by atoms with Crippen LogP contribution in [0.15, 0.2) is 182 Å². The fourth-order valence-electron chi connectivity index (χ4n) is 10.4. The molecule has 0 aliphatic rings. The number of hydrogen-bond acceptors (Lipinski definition) is 6. The number of rotatable bonds is 23. The van der Waals surface area contributed by atoms with Crippen LogP contribution in [0.1, 0.15) is 93.1 Å². The molecule has 0 spiro atoms. The van der Waals surface area contributed by atoms with Gasteiger partial charge in [-0.3, -0.25) is 0 Å². The summed E-state index contributed by atoms with van der Waals surface area (Å²) >= 11 is 0. The number of nitrogens with zero attached hydrogens (tertiary/aromatic N) is 4. The molecular weight excluding hydrogens is 889 g/mol. The van der Waals surface area contributed by atoms with Gasteiger partial charge in [-0.05, 0) is 124 Å². The van der Waals surface area contributed by atoms with Crippen molar-refractivity contribution in [3.63, 3.8) is 0 Å². The van der Waals surface area contributed by atoms with Crippen LogP contribution < -0.4 is 0 Å². The number of carbonyl (C=O) groups is 2. The lowest BCUT2D eigenvalue weighted by Crippen LogP contribution is -2.13. The van der Waals surface area contributed by atoms with Gasteiger partial charge in [-0.2, -0.15) is 0 Å². The second-order valence-corrected chi connectivity index (χ2v) is 18.9. The highest BCUT2D eigenvalue weighted by molar-refractivity contribution is 6.11. The molecule has 0 radical (unpaired) electrons. The number of ether oxygens (including phenoxy) is 2. The van der Waals surface area contributed by atoms with E-state index in [9.17, 15) is 9.59 Å². The topological polar surface area (TPSA) is 88.2 Å². The van der Waals surface area contributed by atoms with Gasteiger partial charge in [0.1, 0.15) is 11.4 Å². The molecule has 10 aromatic rings. The van der Waals surface area contributed by atoms with E-state index in [4.69, 9.17) is 19.4 Å². The third-order valence-electron chi connectivity index (χ3n) is 13.9. The van der Waals surface area contributed by atoms with E-state index in [1.807, 2.05) is 24.3 Å². The fourth-order valence-corrected chi connectivity index (χ4v) is 10.4. The molecule has 0 bridgehead atoms. The third kappa shape index (κ3) is 11.3. The van der Waals surface area contributed by atoms with E-state index in [-0.39, 0.29) is 13.2 Å². The Morgan fingerprint density at radius 2 is 0.694 bits per heavy atom. The standard InChI is InChI=1S/C64H62N4O4/c69-63(57-45-53-51-35-13-15-39-59(51)67(41-21-33-49-27-9-3-10-28-49)61(53)55(65-57)37-19-31-47-23-5-1-6-24-47)71-43-17-18-44-72-64(70)58-46-54-52-36-14-16-40-60(52)68(42-22-34-50-29-11-4-12-30-50)62(54)56(66-58)38-20-32-48-25-7-2-8-26-48/h1-16,23-30,35-36,39-40,45-46H,17-22,31-34,37-38,41-44H2. The molecule has 0 saturated carbocycles. The van der Waals surface area contributed by atoms with Crippen LogP contribution in [-0.2, 0) is 61.1 Å². The number of aromatic nitrogens is 4. The van der Waals surface area contributed by atoms with Gasteiger partial charge in [0.05, 0.1) is 35.6 Å². The monoisotopic (exact) mass is 950 g/mol. The summed E-state index contributed by atoms with van der Waals surface area (Å²) in [5.41, 5.74) is 12.1. The Labute approximate surface area is 422 Å². The van der Waals surface area contributed by atoms with Crippen LogP contribution in [0.5, 0.6) is 0 Å². The molecule has 0 aliphatic carbocycles. The van der Waals surface area contributed by atoms with E-state index in [2.05, 4.69) is 167 Å². The highest BCUT2D eigenvalue weighted by Crippen LogP contribution is 2.35. The second-order valence-electron chi connectivity index (χ2n) is 18.9. The lowest BCUT2D eigenvalue weighted by Gasteiger charge is -2.13. The van der Waals surface area contributed by atoms with E-state index < -0.39 is 11.9 Å². The lowest BCUT2D eigenvalue weighted by atomic mass is 10.0. The van der Waals surface area contributed by atoms with E-state index in [1.165, 1.54) is 22.3 Å². The molecule has 0 N–H and O–H groups in total. The second kappa shape index (κ2) is 23.4. The van der Waals surface area contributed by atoms with Crippen molar-refractivity contribution in [1.29, 1.82) is 0 Å². The number of unbranched alkanes of at least 4 members (excludes halogenated alkanes) is 1. The number of aryl methyl sites for hydroxylation is 8. The van der Waals surface area contributed by atoms with Crippen LogP contribution in [0.3, 0.4) is 0 Å². The average molecular weight is 951 g/mol. The van der Waals surface area contributed by atoms with E-state index in [0.29, 0.717) is 24.2 Å². The van der Waals surface area contributed by atoms with Crippen LogP contribution in [0.25, 0.3) is 43.6 Å². The van der Waals surface area contributed by atoms with Gasteiger partial charge in [0.15, 0.2) is 0 Å². The van der Waals surface area contributed by atoms with Crippen molar-refractivity contribution in [2.24, 2.45) is 0 Å². The first-order valence-electron chi connectivity index (χ1n) is 25.9. The van der Waals surface area contributed by atoms with Gasteiger partial charge >= 0.3 is 11.9 Å². The van der Waals surface area contributed by atoms with Crippen molar-refractivity contribution in [2.75, 3.05) is 13.2 Å². The maximum absolute atomic E-state index is 13.9. The Kier molecular flexibility index (Phi) is 15.5. The molecule has 0 fully saturated rings. The molecule has 10 rings (SSSR count). The summed E-state index contributed by atoms with van der Waals surface area (Å²) in [6.07, 6.45) is 10.0. The van der Waals surface area contributed by atoms with Gasteiger partial charge in [-0.15, -0.1) is 0 Å². The van der Waals surface area contributed by atoms with Crippen LogP contribution >= 0.6 is 0 Å². The smallest absolute Gasteiger partial charge is 0.356 e. The molecule has 4 heterocycles. The fraction of sp³-hybridized carbons (Fsp3) is 0.250. The Hall–Kier alpha value is -7.84. The van der Waals surface area contributed by atoms with Crippen molar-refractivity contribution in [3.05, 3.63) is 227 Å². The average Bonchev–Trinajstić information content (AvgIpc) is 3.92. The van der Waals surface area contributed by atoms with Crippen molar-refractivity contribution in [2.45, 2.75) is 90.1 Å². The van der Waals surface area contributed by atoms with E-state index >= 15 is 0 Å². The number of fused-ring (bicyclic) bond motifs is 6. The molecule has 0 atom stereocenters. The van der Waals surface area contributed by atoms with Crippen LogP contribution in [0, 0.1) is 0 Å². The first-order chi connectivity index (χ1) is 35.6. The van der Waals surface area contributed by atoms with Crippen LogP contribution in [-0.4, -0.2) is 44.3 Å². The van der Waals surface area contributed by atoms with Crippen molar-refractivity contribution in [3.8, 4) is 0 Å². The van der Waals surface area contributed by atoms with Gasteiger partial charge < -0.3 is 18.6 Å². The summed E-state index contributed by atoms with van der Waals surface area (Å²) in [7, 11) is 0. The third-order valence-corrected chi connectivity index (χ3v) is 13.9. The molecular formula is C64H62N4O4. The summed E-state index contributed by atoms with van der Waals surface area (Å²) in [4.78, 5) is 37.8. The van der Waals surface area contributed by atoms with Gasteiger partial charge in [0.25, 0.3) is 0 Å². The molecule has 6 aromatic carbocycles. The van der Waals surface area contributed by atoms with Crippen molar-refractivity contribution >= 4 is 55.6 Å². The Bertz CT molecular complexity index is 3170. The predicted octanol–water partition coefficient (Wildman–Crippen LogP) is 14.1. The number of hydrogen-bond donors (Lipinski definition) is 0. The Morgan fingerprint density at radius 1 is 0.361 bits per heavy atom. The molecule has 0 aliphatic heterocycles. The largest absolute Gasteiger partial charge is 0.461 e. The van der Waals surface area contributed by atoms with E-state index in [1.54, 1.807) is 0 Å². The first kappa shape index (κ1) is 47.8. The zero-order valence-corrected chi connectivity index (χ0v) is 41.1. The molecule has 4 aromatic heterocycles. The number of esters is 2. The van der Waals surface area contributed by atoms with Gasteiger partial charge in [-0.1, -0.05) is 158 Å². The molecule has 0 unspecified atom stereocenters. The molecule has 0 amide bonds.